The van der Waals surface area contributed by atoms with E-state index in [4.69, 9.17) is 26.8 Å². The van der Waals surface area contributed by atoms with Crippen LogP contribution in [-0.4, -0.2) is 44.1 Å². The van der Waals surface area contributed by atoms with Crippen LogP contribution in [0.3, 0.4) is 0 Å². The Morgan fingerprint density at radius 3 is 2.79 bits per heavy atom. The molecule has 150 valence electrons. The molecule has 0 bridgehead atoms. The highest BCUT2D eigenvalue weighted by Crippen LogP contribution is 2.36. The van der Waals surface area contributed by atoms with Gasteiger partial charge in [0.25, 0.3) is 5.91 Å². The van der Waals surface area contributed by atoms with Gasteiger partial charge in [-0.1, -0.05) is 24.0 Å². The van der Waals surface area contributed by atoms with Gasteiger partial charge in [0.1, 0.15) is 4.32 Å². The lowest BCUT2D eigenvalue weighted by molar-refractivity contribution is -0.137. The van der Waals surface area contributed by atoms with Crippen LogP contribution in [0, 0.1) is 13.8 Å². The maximum Gasteiger partial charge on any atom is 0.305 e. The summed E-state index contributed by atoms with van der Waals surface area (Å²) in [7, 11) is 0. The van der Waals surface area contributed by atoms with Crippen molar-refractivity contribution in [3.05, 3.63) is 46.1 Å². The number of thioether (sulfide) groups is 1. The topological polar surface area (TPSA) is 81.0 Å². The van der Waals surface area contributed by atoms with E-state index in [2.05, 4.69) is 4.57 Å². The Kier molecular flexibility index (Phi) is 5.10. The maximum atomic E-state index is 12.7. The predicted octanol–water partition coefficient (Wildman–Crippen LogP) is 3.50. The highest BCUT2D eigenvalue weighted by atomic mass is 32.2. The van der Waals surface area contributed by atoms with Gasteiger partial charge in [0.2, 0.25) is 6.79 Å². The normalized spacial score (nSPS) is 16.9. The Hall–Kier alpha value is -2.78. The predicted molar refractivity (Wildman–Crippen MR) is 113 cm³/mol. The fourth-order valence-electron chi connectivity index (χ4n) is 3.40. The van der Waals surface area contributed by atoms with E-state index in [0.29, 0.717) is 15.0 Å². The molecule has 1 aromatic heterocycles. The zero-order chi connectivity index (χ0) is 20.7. The van der Waals surface area contributed by atoms with E-state index in [1.54, 1.807) is 0 Å². The van der Waals surface area contributed by atoms with Gasteiger partial charge in [-0.15, -0.1) is 0 Å². The van der Waals surface area contributed by atoms with Crippen LogP contribution in [0.25, 0.3) is 11.8 Å². The third-order valence-electron chi connectivity index (χ3n) is 4.79. The molecule has 0 atom stereocenters. The first-order valence-corrected chi connectivity index (χ1v) is 10.1. The van der Waals surface area contributed by atoms with Crippen LogP contribution in [0.2, 0.25) is 0 Å². The minimum absolute atomic E-state index is 0.0769. The number of benzene rings is 1. The number of ether oxygens (including phenoxy) is 2. The van der Waals surface area contributed by atoms with Gasteiger partial charge in [-0.05, 0) is 43.7 Å². The fourth-order valence-corrected chi connectivity index (χ4v) is 4.70. The van der Waals surface area contributed by atoms with Crippen molar-refractivity contribution in [1.82, 2.24) is 9.47 Å². The molecule has 0 saturated carbocycles. The summed E-state index contributed by atoms with van der Waals surface area (Å²) >= 11 is 6.45. The largest absolute Gasteiger partial charge is 0.481 e. The molecule has 7 nitrogen and oxygen atoms in total. The highest BCUT2D eigenvalue weighted by Gasteiger charge is 2.32. The molecular formula is C20H18N2O5S2. The molecule has 2 aromatic rings. The lowest BCUT2D eigenvalue weighted by Crippen LogP contribution is -2.30. The zero-order valence-electron chi connectivity index (χ0n) is 15.8. The van der Waals surface area contributed by atoms with Crippen molar-refractivity contribution < 1.29 is 24.2 Å². The van der Waals surface area contributed by atoms with Crippen molar-refractivity contribution in [2.75, 3.05) is 13.3 Å². The molecule has 1 amide bonds. The van der Waals surface area contributed by atoms with E-state index in [0.717, 1.165) is 28.4 Å². The average Bonchev–Trinajstić information content (AvgIpc) is 3.31. The van der Waals surface area contributed by atoms with E-state index in [-0.39, 0.29) is 25.7 Å². The highest BCUT2D eigenvalue weighted by molar-refractivity contribution is 8.26. The van der Waals surface area contributed by atoms with Crippen LogP contribution < -0.4 is 9.47 Å². The lowest BCUT2D eigenvalue weighted by Gasteiger charge is -2.12. The van der Waals surface area contributed by atoms with E-state index < -0.39 is 5.97 Å². The number of nitrogens with zero attached hydrogens (tertiary/aromatic N) is 2. The summed E-state index contributed by atoms with van der Waals surface area (Å²) in [6.07, 6.45) is 1.67. The molecule has 1 fully saturated rings. The number of amides is 1. The number of fused-ring (bicyclic) bond motifs is 1. The minimum atomic E-state index is -0.963. The maximum absolute atomic E-state index is 12.7. The molecule has 3 heterocycles. The Morgan fingerprint density at radius 1 is 1.28 bits per heavy atom. The molecular weight excluding hydrogens is 412 g/mol. The first kappa shape index (κ1) is 19.5. The van der Waals surface area contributed by atoms with Gasteiger partial charge in [0.15, 0.2) is 11.5 Å². The number of carboxylic acids is 1. The second kappa shape index (κ2) is 7.57. The number of aryl methyl sites for hydroxylation is 1. The number of carboxylic acid groups (broad SMARTS) is 1. The van der Waals surface area contributed by atoms with Crippen molar-refractivity contribution in [3.63, 3.8) is 0 Å². The summed E-state index contributed by atoms with van der Waals surface area (Å²) in [6, 6.07) is 7.77. The molecule has 9 heteroatoms. The van der Waals surface area contributed by atoms with Crippen LogP contribution in [-0.2, 0) is 9.59 Å². The summed E-state index contributed by atoms with van der Waals surface area (Å²) in [4.78, 5) is 25.3. The second-order valence-electron chi connectivity index (χ2n) is 6.68. The van der Waals surface area contributed by atoms with E-state index in [9.17, 15) is 9.59 Å². The summed E-state index contributed by atoms with van der Waals surface area (Å²) in [5.41, 5.74) is 3.82. The summed E-state index contributed by atoms with van der Waals surface area (Å²) < 4.78 is 13.3. The summed E-state index contributed by atoms with van der Waals surface area (Å²) in [5, 5.41) is 8.86. The molecule has 1 saturated heterocycles. The van der Waals surface area contributed by atoms with Crippen LogP contribution in [0.1, 0.15) is 23.4 Å². The SMILES string of the molecule is Cc1cc(/C=C2\SC(=S)N(CCC(=O)O)C2=O)c(C)n1-c1ccc2c(c1)OCO2. The fraction of sp³-hybridized carbons (Fsp3) is 0.250. The molecule has 0 spiro atoms. The van der Waals surface area contributed by atoms with Crippen LogP contribution in [0.4, 0.5) is 0 Å². The summed E-state index contributed by atoms with van der Waals surface area (Å²) in [6.45, 7) is 4.27. The van der Waals surface area contributed by atoms with Gasteiger partial charge in [-0.2, -0.15) is 0 Å². The van der Waals surface area contributed by atoms with Gasteiger partial charge in [0, 0.05) is 29.7 Å². The van der Waals surface area contributed by atoms with Crippen molar-refractivity contribution in [2.24, 2.45) is 0 Å². The first-order valence-electron chi connectivity index (χ1n) is 8.91. The molecule has 0 radical (unpaired) electrons. The third kappa shape index (κ3) is 3.63. The molecule has 1 aromatic carbocycles. The van der Waals surface area contributed by atoms with E-state index in [1.807, 2.05) is 44.2 Å². The van der Waals surface area contributed by atoms with E-state index in [1.165, 1.54) is 16.7 Å². The number of hydrogen-bond donors (Lipinski definition) is 1. The molecule has 0 unspecified atom stereocenters. The molecule has 2 aliphatic rings. The molecule has 2 aliphatic heterocycles. The van der Waals surface area contributed by atoms with Gasteiger partial charge >= 0.3 is 5.97 Å². The quantitative estimate of drug-likeness (QED) is 0.574. The second-order valence-corrected chi connectivity index (χ2v) is 8.35. The third-order valence-corrected chi connectivity index (χ3v) is 6.17. The van der Waals surface area contributed by atoms with Gasteiger partial charge in [-0.25, -0.2) is 0 Å². The van der Waals surface area contributed by atoms with Crippen molar-refractivity contribution in [3.8, 4) is 17.2 Å². The first-order chi connectivity index (χ1) is 13.8. The molecule has 4 rings (SSSR count). The van der Waals surface area contributed by atoms with E-state index >= 15 is 0 Å². The van der Waals surface area contributed by atoms with Gasteiger partial charge in [-0.3, -0.25) is 14.5 Å². The number of aromatic nitrogens is 1. The standard InChI is InChI=1S/C20H18N2O5S2/c1-11-7-13(8-17-19(25)21(20(28)29-17)6-5-18(23)24)12(2)22(11)14-3-4-15-16(9-14)27-10-26-15/h3-4,7-9H,5-6,10H2,1-2H3,(H,23,24)/b17-8-. The van der Waals surface area contributed by atoms with Crippen molar-refractivity contribution in [2.45, 2.75) is 20.3 Å². The smallest absolute Gasteiger partial charge is 0.305 e. The Bertz CT molecular complexity index is 1070. The van der Waals surface area contributed by atoms with Gasteiger partial charge < -0.3 is 19.1 Å². The number of carbonyl (C=O) groups is 2. The Morgan fingerprint density at radius 2 is 2.03 bits per heavy atom. The van der Waals surface area contributed by atoms with Crippen LogP contribution in [0.5, 0.6) is 11.5 Å². The zero-order valence-corrected chi connectivity index (χ0v) is 17.4. The Labute approximate surface area is 176 Å². The van der Waals surface area contributed by atoms with Crippen LogP contribution >= 0.6 is 24.0 Å². The molecule has 29 heavy (non-hydrogen) atoms. The van der Waals surface area contributed by atoms with Crippen molar-refractivity contribution in [1.29, 1.82) is 0 Å². The monoisotopic (exact) mass is 430 g/mol. The molecule has 0 aliphatic carbocycles. The summed E-state index contributed by atoms with van der Waals surface area (Å²) in [5.74, 6) is 0.210. The average molecular weight is 431 g/mol. The van der Waals surface area contributed by atoms with Gasteiger partial charge in [0.05, 0.1) is 11.3 Å². The Balaban J connectivity index is 1.64. The minimum Gasteiger partial charge on any atom is -0.481 e. The number of carbonyl (C=O) groups excluding carboxylic acids is 1. The number of aliphatic carboxylic acids is 1. The number of rotatable bonds is 5. The molecule has 1 N–H and O–H groups in total. The number of thiocarbonyl (C=S) groups is 1. The lowest BCUT2D eigenvalue weighted by atomic mass is 10.2. The van der Waals surface area contributed by atoms with Crippen molar-refractivity contribution >= 4 is 46.3 Å². The van der Waals surface area contributed by atoms with Crippen LogP contribution in [0.15, 0.2) is 29.2 Å². The number of hydrogen-bond acceptors (Lipinski definition) is 6.